The first-order valence-corrected chi connectivity index (χ1v) is 9.26. The summed E-state index contributed by atoms with van der Waals surface area (Å²) in [6.45, 7) is 3.81. The molecule has 0 atom stereocenters. The van der Waals surface area contributed by atoms with Crippen LogP contribution in [0.4, 0.5) is 26.3 Å². The molecule has 2 aromatic rings. The second-order valence-corrected chi connectivity index (χ2v) is 7.23. The second kappa shape index (κ2) is 8.13. The number of ether oxygens (including phenoxy) is 1. The fourth-order valence-corrected chi connectivity index (χ4v) is 3.63. The third-order valence-corrected chi connectivity index (χ3v) is 5.31. The monoisotopic (exact) mass is 414 g/mol. The Morgan fingerprint density at radius 1 is 0.897 bits per heavy atom. The summed E-state index contributed by atoms with van der Waals surface area (Å²) in [7, 11) is 0. The zero-order valence-electron chi connectivity index (χ0n) is 15.5. The van der Waals surface area contributed by atoms with Gasteiger partial charge in [0.15, 0.2) is 0 Å². The van der Waals surface area contributed by atoms with Gasteiger partial charge in [-0.05, 0) is 73.4 Å². The number of alkyl halides is 5. The summed E-state index contributed by atoms with van der Waals surface area (Å²) in [6.07, 6.45) is -2.95. The van der Waals surface area contributed by atoms with E-state index in [-0.39, 0.29) is 17.9 Å². The Labute approximate surface area is 165 Å². The van der Waals surface area contributed by atoms with Crippen LogP contribution in [0.1, 0.15) is 48.3 Å². The molecule has 0 spiro atoms. The average Bonchev–Trinajstić information content (AvgIpc) is 2.67. The maximum atomic E-state index is 14.3. The van der Waals surface area contributed by atoms with E-state index in [1.165, 1.54) is 12.1 Å². The Balaban J connectivity index is 1.70. The van der Waals surface area contributed by atoms with Gasteiger partial charge in [0.1, 0.15) is 11.6 Å². The lowest BCUT2D eigenvalue weighted by molar-refractivity contribution is -0.186. The molecule has 7 heteroatoms. The predicted molar refractivity (Wildman–Crippen MR) is 97.3 cm³/mol. The van der Waals surface area contributed by atoms with E-state index in [9.17, 15) is 26.3 Å². The summed E-state index contributed by atoms with van der Waals surface area (Å²) in [5.41, 5.74) is -1.58. The molecule has 0 N–H and O–H groups in total. The van der Waals surface area contributed by atoms with E-state index >= 15 is 0 Å². The molecule has 0 amide bonds. The van der Waals surface area contributed by atoms with E-state index in [2.05, 4.69) is 11.3 Å². The Hall–Kier alpha value is -2.44. The van der Waals surface area contributed by atoms with Crippen LogP contribution in [0.15, 0.2) is 55.1 Å². The lowest BCUT2D eigenvalue weighted by Gasteiger charge is -2.27. The van der Waals surface area contributed by atoms with Crippen LogP contribution in [0, 0.1) is 11.7 Å². The van der Waals surface area contributed by atoms with Gasteiger partial charge in [0, 0.05) is 0 Å². The number of allylic oxidation sites excluding steroid dienone is 1. The topological polar surface area (TPSA) is 9.23 Å². The lowest BCUT2D eigenvalue weighted by Crippen LogP contribution is -2.23. The fourth-order valence-electron chi connectivity index (χ4n) is 3.63. The van der Waals surface area contributed by atoms with Gasteiger partial charge in [0.2, 0.25) is 0 Å². The molecule has 0 unspecified atom stereocenters. The van der Waals surface area contributed by atoms with Crippen LogP contribution >= 0.6 is 0 Å². The van der Waals surface area contributed by atoms with E-state index in [0.29, 0.717) is 17.9 Å². The van der Waals surface area contributed by atoms with Gasteiger partial charge in [0.25, 0.3) is 0 Å². The molecule has 156 valence electrons. The number of rotatable bonds is 5. The molecule has 1 aliphatic rings. The summed E-state index contributed by atoms with van der Waals surface area (Å²) >= 11 is 0. The van der Waals surface area contributed by atoms with Crippen LogP contribution in [0.5, 0.6) is 5.75 Å². The first-order valence-electron chi connectivity index (χ1n) is 9.26. The van der Waals surface area contributed by atoms with Gasteiger partial charge in [0.05, 0.1) is 11.1 Å². The van der Waals surface area contributed by atoms with E-state index in [1.807, 2.05) is 6.08 Å². The van der Waals surface area contributed by atoms with Gasteiger partial charge in [-0.2, -0.15) is 22.0 Å². The van der Waals surface area contributed by atoms with Crippen LogP contribution in [0.25, 0.3) is 0 Å². The van der Waals surface area contributed by atoms with Crippen LogP contribution < -0.4 is 4.74 Å². The molecule has 3 rings (SSSR count). The van der Waals surface area contributed by atoms with E-state index in [1.54, 1.807) is 12.1 Å². The maximum Gasteiger partial charge on any atom is 0.426 e. The van der Waals surface area contributed by atoms with Gasteiger partial charge < -0.3 is 4.74 Å². The quantitative estimate of drug-likeness (QED) is 0.365. The standard InChI is InChI=1S/C22H20F6O/c1-2-14-3-5-15(6-4-14)16-7-10-18(11-8-16)29-22(27,28)17-9-12-19(20(23)13-17)21(24,25)26/h2,7-15H,1,3-6H2. The lowest BCUT2D eigenvalue weighted by atomic mass is 9.79. The SMILES string of the molecule is C=CC1CCC(c2ccc(OC(F)(F)c3ccc(C(F)(F)F)c(F)c3)cc2)CC1. The molecule has 0 radical (unpaired) electrons. The largest absolute Gasteiger partial charge is 0.429 e. The van der Waals surface area contributed by atoms with Crippen molar-refractivity contribution >= 4 is 0 Å². The van der Waals surface area contributed by atoms with E-state index < -0.39 is 29.2 Å². The van der Waals surface area contributed by atoms with Crippen LogP contribution in [-0.4, -0.2) is 0 Å². The van der Waals surface area contributed by atoms with Crippen LogP contribution in [0.3, 0.4) is 0 Å². The maximum absolute atomic E-state index is 14.3. The highest BCUT2D eigenvalue weighted by Gasteiger charge is 2.39. The fraction of sp³-hybridized carbons (Fsp3) is 0.364. The molecule has 2 aromatic carbocycles. The molecule has 29 heavy (non-hydrogen) atoms. The number of benzene rings is 2. The van der Waals surface area contributed by atoms with E-state index in [0.717, 1.165) is 31.2 Å². The number of hydrogen-bond donors (Lipinski definition) is 0. The van der Waals surface area contributed by atoms with Gasteiger partial charge in [-0.15, -0.1) is 6.58 Å². The molecule has 1 aliphatic carbocycles. The van der Waals surface area contributed by atoms with Crippen molar-refractivity contribution in [1.29, 1.82) is 0 Å². The molecule has 0 heterocycles. The highest BCUT2D eigenvalue weighted by molar-refractivity contribution is 5.32. The van der Waals surface area contributed by atoms with E-state index in [4.69, 9.17) is 0 Å². The third-order valence-electron chi connectivity index (χ3n) is 5.31. The first-order chi connectivity index (χ1) is 13.6. The molecule has 0 aliphatic heterocycles. The molecule has 0 aromatic heterocycles. The molecule has 1 fully saturated rings. The zero-order chi connectivity index (χ0) is 21.2. The van der Waals surface area contributed by atoms with Gasteiger partial charge in [-0.1, -0.05) is 18.2 Å². The molecule has 1 nitrogen and oxygen atoms in total. The van der Waals surface area contributed by atoms with Gasteiger partial charge in [-0.25, -0.2) is 4.39 Å². The zero-order valence-corrected chi connectivity index (χ0v) is 15.5. The second-order valence-electron chi connectivity index (χ2n) is 7.23. The highest BCUT2D eigenvalue weighted by atomic mass is 19.4. The first kappa shape index (κ1) is 21.3. The van der Waals surface area contributed by atoms with Crippen molar-refractivity contribution in [3.63, 3.8) is 0 Å². The minimum absolute atomic E-state index is 0.148. The Kier molecular flexibility index (Phi) is 5.96. The van der Waals surface area contributed by atoms with Crippen molar-refractivity contribution in [2.24, 2.45) is 5.92 Å². The van der Waals surface area contributed by atoms with Crippen molar-refractivity contribution in [3.05, 3.63) is 77.6 Å². The summed E-state index contributed by atoms with van der Waals surface area (Å²) in [6, 6.07) is 7.14. The molecule has 0 bridgehead atoms. The van der Waals surface area contributed by atoms with Crippen molar-refractivity contribution in [2.75, 3.05) is 0 Å². The van der Waals surface area contributed by atoms with Crippen molar-refractivity contribution < 1.29 is 31.1 Å². The minimum Gasteiger partial charge on any atom is -0.429 e. The van der Waals surface area contributed by atoms with Crippen molar-refractivity contribution in [1.82, 2.24) is 0 Å². The van der Waals surface area contributed by atoms with Crippen LogP contribution in [-0.2, 0) is 12.3 Å². The highest BCUT2D eigenvalue weighted by Crippen LogP contribution is 2.39. The summed E-state index contributed by atoms with van der Waals surface area (Å²) in [5.74, 6) is -1.08. The van der Waals surface area contributed by atoms with Crippen molar-refractivity contribution in [3.8, 4) is 5.75 Å². The summed E-state index contributed by atoms with van der Waals surface area (Å²) in [4.78, 5) is 0. The summed E-state index contributed by atoms with van der Waals surface area (Å²) < 4.78 is 84.7. The van der Waals surface area contributed by atoms with Crippen molar-refractivity contribution in [2.45, 2.75) is 43.9 Å². The molecular weight excluding hydrogens is 394 g/mol. The number of hydrogen-bond acceptors (Lipinski definition) is 1. The average molecular weight is 414 g/mol. The molecular formula is C22H20F6O. The van der Waals surface area contributed by atoms with Crippen LogP contribution in [0.2, 0.25) is 0 Å². The molecule has 0 saturated heterocycles. The molecule has 1 saturated carbocycles. The summed E-state index contributed by atoms with van der Waals surface area (Å²) in [5, 5.41) is 0. The normalized spacial score (nSPS) is 20.3. The smallest absolute Gasteiger partial charge is 0.426 e. The Bertz CT molecular complexity index is 849. The Morgan fingerprint density at radius 2 is 1.52 bits per heavy atom. The Morgan fingerprint density at radius 3 is 2.03 bits per heavy atom. The number of halogens is 6. The minimum atomic E-state index is -4.96. The third kappa shape index (κ3) is 4.95. The van der Waals surface area contributed by atoms with Gasteiger partial charge in [-0.3, -0.25) is 0 Å². The van der Waals surface area contributed by atoms with Gasteiger partial charge >= 0.3 is 12.3 Å². The predicted octanol–water partition coefficient (Wildman–Crippen LogP) is 7.43.